The Hall–Kier alpha value is -1.60. The SMILES string of the molecule is CC(C)(C)c1ccsn1.CC(C)(C)c1cscn1.CC(C)(C)c1ncn[nH]1. The highest BCUT2D eigenvalue weighted by atomic mass is 32.1. The number of nitrogens with zero attached hydrogens (tertiary/aromatic N) is 4. The molecule has 3 rings (SSSR count). The predicted molar refractivity (Wildman–Crippen MR) is 117 cm³/mol. The van der Waals surface area contributed by atoms with Gasteiger partial charge in [0, 0.05) is 27.0 Å². The van der Waals surface area contributed by atoms with Gasteiger partial charge in [0.25, 0.3) is 0 Å². The van der Waals surface area contributed by atoms with E-state index in [-0.39, 0.29) is 16.2 Å². The summed E-state index contributed by atoms with van der Waals surface area (Å²) in [6.45, 7) is 19.3. The van der Waals surface area contributed by atoms with Crippen LogP contribution in [0.4, 0.5) is 0 Å². The first-order valence-corrected chi connectivity index (χ1v) is 10.7. The van der Waals surface area contributed by atoms with Gasteiger partial charge >= 0.3 is 0 Å². The molecule has 0 atom stereocenters. The molecule has 7 heteroatoms. The fourth-order valence-corrected chi connectivity index (χ4v) is 3.23. The van der Waals surface area contributed by atoms with E-state index >= 15 is 0 Å². The van der Waals surface area contributed by atoms with Crippen molar-refractivity contribution in [2.75, 3.05) is 0 Å². The summed E-state index contributed by atoms with van der Waals surface area (Å²) in [5.74, 6) is 0.933. The van der Waals surface area contributed by atoms with Gasteiger partial charge in [0.2, 0.25) is 0 Å². The smallest absolute Gasteiger partial charge is 0.137 e. The number of rotatable bonds is 0. The molecule has 0 aliphatic rings. The Labute approximate surface area is 171 Å². The molecule has 3 heterocycles. The van der Waals surface area contributed by atoms with Crippen molar-refractivity contribution in [3.8, 4) is 0 Å². The van der Waals surface area contributed by atoms with Gasteiger partial charge in [-0.3, -0.25) is 5.10 Å². The van der Waals surface area contributed by atoms with Gasteiger partial charge in [0.15, 0.2) is 0 Å². The molecule has 0 aromatic carbocycles. The molecule has 1 N–H and O–H groups in total. The van der Waals surface area contributed by atoms with Crippen LogP contribution < -0.4 is 0 Å². The first kappa shape index (κ1) is 23.4. The second-order valence-electron chi connectivity index (χ2n) is 9.34. The molecular formula is C20H33N5S2. The van der Waals surface area contributed by atoms with Gasteiger partial charge in [-0.1, -0.05) is 62.3 Å². The molecule has 0 radical (unpaired) electrons. The maximum absolute atomic E-state index is 4.23. The molecule has 0 fully saturated rings. The largest absolute Gasteiger partial charge is 0.263 e. The van der Waals surface area contributed by atoms with Crippen molar-refractivity contribution in [1.82, 2.24) is 24.5 Å². The number of H-pyrrole nitrogens is 1. The van der Waals surface area contributed by atoms with E-state index in [1.807, 2.05) is 10.9 Å². The van der Waals surface area contributed by atoms with Crippen LogP contribution in [0.3, 0.4) is 0 Å². The van der Waals surface area contributed by atoms with Crippen molar-refractivity contribution < 1.29 is 0 Å². The van der Waals surface area contributed by atoms with Crippen LogP contribution in [0.15, 0.2) is 28.7 Å². The van der Waals surface area contributed by atoms with Gasteiger partial charge in [-0.2, -0.15) is 9.47 Å². The molecule has 3 aromatic heterocycles. The molecule has 3 aromatic rings. The van der Waals surface area contributed by atoms with Gasteiger partial charge in [0.1, 0.15) is 12.2 Å². The van der Waals surface area contributed by atoms with E-state index < -0.39 is 0 Å². The molecule has 150 valence electrons. The number of hydrogen-bond donors (Lipinski definition) is 1. The average Bonchev–Trinajstić information content (AvgIpc) is 3.28. The van der Waals surface area contributed by atoms with E-state index in [2.05, 4.69) is 98.3 Å². The second kappa shape index (κ2) is 9.55. The third-order valence-electron chi connectivity index (χ3n) is 3.53. The summed E-state index contributed by atoms with van der Waals surface area (Å²) >= 11 is 3.17. The van der Waals surface area contributed by atoms with Crippen molar-refractivity contribution in [2.24, 2.45) is 0 Å². The van der Waals surface area contributed by atoms with E-state index in [0.717, 1.165) is 5.82 Å². The highest BCUT2D eigenvalue weighted by Gasteiger charge is 2.16. The number of aromatic nitrogens is 5. The van der Waals surface area contributed by atoms with Gasteiger partial charge in [-0.25, -0.2) is 9.97 Å². The van der Waals surface area contributed by atoms with Crippen LogP contribution >= 0.6 is 22.9 Å². The van der Waals surface area contributed by atoms with Crippen molar-refractivity contribution in [3.63, 3.8) is 0 Å². The van der Waals surface area contributed by atoms with E-state index in [1.165, 1.54) is 29.2 Å². The minimum Gasteiger partial charge on any atom is -0.263 e. The van der Waals surface area contributed by atoms with Crippen molar-refractivity contribution in [3.05, 3.63) is 45.9 Å². The van der Waals surface area contributed by atoms with Gasteiger partial charge < -0.3 is 0 Å². The van der Waals surface area contributed by atoms with Crippen LogP contribution in [0.25, 0.3) is 0 Å². The summed E-state index contributed by atoms with van der Waals surface area (Å²) in [5, 5.41) is 10.7. The van der Waals surface area contributed by atoms with Crippen LogP contribution in [0.5, 0.6) is 0 Å². The van der Waals surface area contributed by atoms with E-state index in [1.54, 1.807) is 11.3 Å². The zero-order valence-electron chi connectivity index (χ0n) is 18.0. The van der Waals surface area contributed by atoms with Crippen LogP contribution in [0.2, 0.25) is 0 Å². The monoisotopic (exact) mass is 407 g/mol. The summed E-state index contributed by atoms with van der Waals surface area (Å²) < 4.78 is 4.23. The lowest BCUT2D eigenvalue weighted by molar-refractivity contribution is 0.548. The summed E-state index contributed by atoms with van der Waals surface area (Å²) in [5.41, 5.74) is 4.79. The van der Waals surface area contributed by atoms with Crippen molar-refractivity contribution in [1.29, 1.82) is 0 Å². The minimum absolute atomic E-state index is 0.0938. The summed E-state index contributed by atoms with van der Waals surface area (Å²) in [6, 6.07) is 2.07. The standard InChI is InChI=1S/2C7H11NS.C6H11N3/c1-7(2,3)6-4-9-5-8-6;1-7(2,3)6-4-5-9-8-6;1-6(2,3)5-7-4-8-9-5/h2*4-5H,1-3H3;4H,1-3H3,(H,7,8,9). The average molecular weight is 408 g/mol. The molecule has 0 aliphatic heterocycles. The lowest BCUT2D eigenvalue weighted by Gasteiger charge is -2.13. The summed E-state index contributed by atoms with van der Waals surface area (Å²) in [4.78, 5) is 8.23. The van der Waals surface area contributed by atoms with Crippen LogP contribution in [-0.2, 0) is 16.2 Å². The first-order valence-electron chi connectivity index (χ1n) is 8.97. The molecule has 27 heavy (non-hydrogen) atoms. The summed E-state index contributed by atoms with van der Waals surface area (Å²) in [7, 11) is 0. The highest BCUT2D eigenvalue weighted by molar-refractivity contribution is 7.07. The van der Waals surface area contributed by atoms with E-state index in [9.17, 15) is 0 Å². The van der Waals surface area contributed by atoms with Crippen molar-refractivity contribution in [2.45, 2.75) is 78.6 Å². The maximum atomic E-state index is 4.23. The lowest BCUT2D eigenvalue weighted by atomic mass is 9.93. The Morgan fingerprint density at radius 3 is 1.67 bits per heavy atom. The number of thiazole rings is 1. The van der Waals surface area contributed by atoms with Gasteiger partial charge in [-0.15, -0.1) is 11.3 Å². The molecule has 0 spiro atoms. The van der Waals surface area contributed by atoms with E-state index in [4.69, 9.17) is 0 Å². The van der Waals surface area contributed by atoms with Crippen LogP contribution in [0.1, 0.15) is 79.5 Å². The zero-order chi connectivity index (χ0) is 20.7. The maximum Gasteiger partial charge on any atom is 0.137 e. The zero-order valence-corrected chi connectivity index (χ0v) is 19.6. The normalized spacial score (nSPS) is 11.9. The highest BCUT2D eigenvalue weighted by Crippen LogP contribution is 2.21. The molecule has 0 unspecified atom stereocenters. The Balaban J connectivity index is 0.000000202. The number of nitrogens with one attached hydrogen (secondary N) is 1. The minimum atomic E-state index is 0.0938. The van der Waals surface area contributed by atoms with Crippen molar-refractivity contribution >= 4 is 22.9 Å². The topological polar surface area (TPSA) is 67.3 Å². The fourth-order valence-electron chi connectivity index (χ4n) is 1.75. The fraction of sp³-hybridized carbons (Fsp3) is 0.600. The third-order valence-corrected chi connectivity index (χ3v) is 4.68. The molecular weight excluding hydrogens is 374 g/mol. The first-order chi connectivity index (χ1) is 12.3. The number of aromatic amines is 1. The van der Waals surface area contributed by atoms with Gasteiger partial charge in [-0.05, 0) is 17.6 Å². The lowest BCUT2D eigenvalue weighted by Crippen LogP contribution is -2.13. The Bertz CT molecular complexity index is 621. The molecule has 0 amide bonds. The second-order valence-corrected chi connectivity index (χ2v) is 10.7. The molecule has 0 saturated carbocycles. The molecule has 0 saturated heterocycles. The van der Waals surface area contributed by atoms with E-state index in [0.29, 0.717) is 0 Å². The van der Waals surface area contributed by atoms with Gasteiger partial charge in [0.05, 0.1) is 16.9 Å². The Morgan fingerprint density at radius 2 is 1.44 bits per heavy atom. The predicted octanol–water partition coefficient (Wildman–Crippen LogP) is 5.98. The van der Waals surface area contributed by atoms with Crippen LogP contribution in [0, 0.1) is 0 Å². The molecule has 5 nitrogen and oxygen atoms in total. The Morgan fingerprint density at radius 1 is 0.815 bits per heavy atom. The molecule has 0 aliphatic carbocycles. The quantitative estimate of drug-likeness (QED) is 0.497. The summed E-state index contributed by atoms with van der Waals surface area (Å²) in [6.07, 6.45) is 1.53. The third kappa shape index (κ3) is 8.75. The van der Waals surface area contributed by atoms with Crippen LogP contribution in [-0.4, -0.2) is 24.5 Å². The Kier molecular flexibility index (Phi) is 8.29. The number of hydrogen-bond acceptors (Lipinski definition) is 6. The molecule has 0 bridgehead atoms.